The number of esters is 1. The number of hydrogen-bond acceptors (Lipinski definition) is 8. The summed E-state index contributed by atoms with van der Waals surface area (Å²) >= 11 is 2.23. The van der Waals surface area contributed by atoms with E-state index in [1.165, 1.54) is 6.07 Å². The molecule has 26 heavy (non-hydrogen) atoms. The van der Waals surface area contributed by atoms with Gasteiger partial charge in [-0.25, -0.2) is 4.98 Å². The summed E-state index contributed by atoms with van der Waals surface area (Å²) in [5, 5.41) is 4.77. The van der Waals surface area contributed by atoms with Gasteiger partial charge in [-0.15, -0.1) is 11.3 Å². The molecule has 0 saturated heterocycles. The van der Waals surface area contributed by atoms with E-state index in [9.17, 15) is 14.4 Å². The topological polar surface area (TPSA) is 125 Å². The van der Waals surface area contributed by atoms with E-state index in [-0.39, 0.29) is 11.3 Å². The smallest absolute Gasteiger partial charge is 0.316 e. The molecular formula is C16H13N3O5S2. The van der Waals surface area contributed by atoms with Crippen LogP contribution in [0.1, 0.15) is 10.4 Å². The molecule has 2 aromatic heterocycles. The lowest BCUT2D eigenvalue weighted by atomic mass is 10.3. The van der Waals surface area contributed by atoms with Crippen molar-refractivity contribution in [2.24, 2.45) is 5.73 Å². The maximum atomic E-state index is 11.8. The van der Waals surface area contributed by atoms with E-state index in [0.29, 0.717) is 21.3 Å². The van der Waals surface area contributed by atoms with Gasteiger partial charge in [-0.1, -0.05) is 23.9 Å². The summed E-state index contributed by atoms with van der Waals surface area (Å²) in [6.45, 7) is -0.469. The van der Waals surface area contributed by atoms with E-state index in [4.69, 9.17) is 14.9 Å². The monoisotopic (exact) mass is 391 g/mol. The molecule has 0 spiro atoms. The van der Waals surface area contributed by atoms with Crippen LogP contribution in [0.25, 0.3) is 11.1 Å². The number of nitrogens with two attached hydrogens (primary N) is 1. The second-order valence-corrected chi connectivity index (χ2v) is 6.82. The Morgan fingerprint density at radius 2 is 2.08 bits per heavy atom. The number of anilines is 1. The highest BCUT2D eigenvalue weighted by Crippen LogP contribution is 2.24. The van der Waals surface area contributed by atoms with Crippen LogP contribution in [0.4, 0.5) is 5.00 Å². The number of rotatable bonds is 7. The molecule has 0 unspecified atom stereocenters. The van der Waals surface area contributed by atoms with Crippen LogP contribution >= 0.6 is 23.1 Å². The van der Waals surface area contributed by atoms with Crippen LogP contribution in [-0.2, 0) is 14.3 Å². The summed E-state index contributed by atoms with van der Waals surface area (Å²) < 4.78 is 10.4. The molecule has 3 aromatic rings. The average molecular weight is 391 g/mol. The van der Waals surface area contributed by atoms with E-state index in [2.05, 4.69) is 10.3 Å². The fourth-order valence-corrected chi connectivity index (χ4v) is 3.43. The summed E-state index contributed by atoms with van der Waals surface area (Å²) in [6.07, 6.45) is 0. The molecule has 2 heterocycles. The predicted octanol–water partition coefficient (Wildman–Crippen LogP) is 2.26. The molecule has 0 aliphatic rings. The molecule has 8 nitrogen and oxygen atoms in total. The third-order valence-corrected chi connectivity index (χ3v) is 4.77. The molecule has 134 valence electrons. The van der Waals surface area contributed by atoms with Gasteiger partial charge in [0.15, 0.2) is 12.2 Å². The van der Waals surface area contributed by atoms with E-state index < -0.39 is 24.4 Å². The van der Waals surface area contributed by atoms with E-state index >= 15 is 0 Å². The minimum absolute atomic E-state index is 0.0500. The van der Waals surface area contributed by atoms with Crippen LogP contribution in [0, 0.1) is 0 Å². The van der Waals surface area contributed by atoms with Crippen molar-refractivity contribution >= 4 is 57.0 Å². The molecular weight excluding hydrogens is 378 g/mol. The van der Waals surface area contributed by atoms with E-state index in [1.807, 2.05) is 12.1 Å². The lowest BCUT2D eigenvalue weighted by Crippen LogP contribution is -2.22. The summed E-state index contributed by atoms with van der Waals surface area (Å²) in [5.74, 6) is -1.84. The summed E-state index contributed by atoms with van der Waals surface area (Å²) in [6, 6.07) is 8.75. The number of oxazole rings is 1. The molecule has 3 rings (SSSR count). The molecule has 2 amide bonds. The second kappa shape index (κ2) is 8.02. The molecule has 3 N–H and O–H groups in total. The minimum atomic E-state index is -0.645. The fraction of sp³-hybridized carbons (Fsp3) is 0.125. The Morgan fingerprint density at radius 1 is 1.27 bits per heavy atom. The molecule has 0 atom stereocenters. The van der Waals surface area contributed by atoms with Crippen molar-refractivity contribution in [2.45, 2.75) is 5.22 Å². The molecule has 0 fully saturated rings. The van der Waals surface area contributed by atoms with Crippen molar-refractivity contribution in [3.05, 3.63) is 41.3 Å². The van der Waals surface area contributed by atoms with Crippen LogP contribution in [0.2, 0.25) is 0 Å². The first kappa shape index (κ1) is 18.0. The molecule has 0 bridgehead atoms. The van der Waals surface area contributed by atoms with E-state index in [0.717, 1.165) is 23.1 Å². The van der Waals surface area contributed by atoms with Crippen molar-refractivity contribution in [2.75, 3.05) is 17.7 Å². The first-order valence-electron chi connectivity index (χ1n) is 7.34. The second-order valence-electron chi connectivity index (χ2n) is 4.97. The predicted molar refractivity (Wildman–Crippen MR) is 97.2 cm³/mol. The molecule has 1 aromatic carbocycles. The molecule has 0 aliphatic heterocycles. The standard InChI is InChI=1S/C16H13N3O5S2/c17-14(22)9-5-6-25-15(9)19-12(20)7-23-13(21)8-26-16-18-10-3-1-2-4-11(10)24-16/h1-6H,7-8H2,(H2,17,22)(H,19,20). The Labute approximate surface area is 155 Å². The number of amides is 2. The van der Waals surface area contributed by atoms with Crippen molar-refractivity contribution in [3.63, 3.8) is 0 Å². The summed E-state index contributed by atoms with van der Waals surface area (Å²) in [4.78, 5) is 39.0. The Balaban J connectivity index is 1.45. The lowest BCUT2D eigenvalue weighted by Gasteiger charge is -2.05. The van der Waals surface area contributed by atoms with Gasteiger partial charge in [-0.05, 0) is 23.6 Å². The number of primary amides is 1. The zero-order chi connectivity index (χ0) is 18.5. The quantitative estimate of drug-likeness (QED) is 0.467. The number of ether oxygens (including phenoxy) is 1. The van der Waals surface area contributed by atoms with Gasteiger partial charge >= 0.3 is 5.97 Å². The van der Waals surface area contributed by atoms with Gasteiger partial charge in [0.05, 0.1) is 5.56 Å². The third kappa shape index (κ3) is 4.41. The maximum absolute atomic E-state index is 11.8. The van der Waals surface area contributed by atoms with E-state index in [1.54, 1.807) is 17.5 Å². The van der Waals surface area contributed by atoms with Gasteiger partial charge < -0.3 is 20.2 Å². The Bertz CT molecular complexity index is 933. The Kier molecular flexibility index (Phi) is 5.54. The Hall–Kier alpha value is -2.85. The first-order valence-corrected chi connectivity index (χ1v) is 9.20. The highest BCUT2D eigenvalue weighted by Gasteiger charge is 2.15. The van der Waals surface area contributed by atoms with Gasteiger partial charge in [0.1, 0.15) is 16.3 Å². The summed E-state index contributed by atoms with van der Waals surface area (Å²) in [7, 11) is 0. The Morgan fingerprint density at radius 3 is 2.85 bits per heavy atom. The highest BCUT2D eigenvalue weighted by atomic mass is 32.2. The SMILES string of the molecule is NC(=O)c1ccsc1NC(=O)COC(=O)CSc1nc2ccccc2o1. The highest BCUT2D eigenvalue weighted by molar-refractivity contribution is 7.99. The van der Waals surface area contributed by atoms with Crippen LogP contribution in [0.3, 0.4) is 0 Å². The van der Waals surface area contributed by atoms with Gasteiger partial charge in [0, 0.05) is 0 Å². The number of carbonyl (C=O) groups is 3. The molecule has 10 heteroatoms. The number of nitrogens with one attached hydrogen (secondary N) is 1. The van der Waals surface area contributed by atoms with Crippen LogP contribution < -0.4 is 11.1 Å². The number of thioether (sulfide) groups is 1. The van der Waals surface area contributed by atoms with Gasteiger partial charge in [0.25, 0.3) is 17.0 Å². The zero-order valence-electron chi connectivity index (χ0n) is 13.3. The number of carbonyl (C=O) groups excluding carboxylic acids is 3. The molecule has 0 aliphatic carbocycles. The maximum Gasteiger partial charge on any atom is 0.316 e. The van der Waals surface area contributed by atoms with Crippen molar-refractivity contribution in [1.29, 1.82) is 0 Å². The first-order chi connectivity index (χ1) is 12.5. The van der Waals surface area contributed by atoms with Crippen molar-refractivity contribution < 1.29 is 23.5 Å². The summed E-state index contributed by atoms with van der Waals surface area (Å²) in [5.41, 5.74) is 6.73. The number of thiophene rings is 1. The number of nitrogens with zero attached hydrogens (tertiary/aromatic N) is 1. The lowest BCUT2D eigenvalue weighted by molar-refractivity contribution is -0.144. The van der Waals surface area contributed by atoms with Crippen LogP contribution in [0.15, 0.2) is 45.4 Å². The number of aromatic nitrogens is 1. The average Bonchev–Trinajstić information content (AvgIpc) is 3.24. The largest absolute Gasteiger partial charge is 0.455 e. The normalized spacial score (nSPS) is 10.6. The number of para-hydroxylation sites is 2. The number of fused-ring (bicyclic) bond motifs is 1. The number of hydrogen-bond donors (Lipinski definition) is 2. The van der Waals surface area contributed by atoms with Gasteiger partial charge in [0.2, 0.25) is 0 Å². The van der Waals surface area contributed by atoms with Gasteiger partial charge in [-0.2, -0.15) is 0 Å². The van der Waals surface area contributed by atoms with Crippen LogP contribution in [0.5, 0.6) is 0 Å². The van der Waals surface area contributed by atoms with Crippen LogP contribution in [-0.4, -0.2) is 35.1 Å². The third-order valence-electron chi connectivity index (χ3n) is 3.14. The molecule has 0 radical (unpaired) electrons. The fourth-order valence-electron chi connectivity index (χ4n) is 1.98. The van der Waals surface area contributed by atoms with Gasteiger partial charge in [-0.3, -0.25) is 14.4 Å². The minimum Gasteiger partial charge on any atom is -0.455 e. The van der Waals surface area contributed by atoms with Crippen molar-refractivity contribution in [3.8, 4) is 0 Å². The number of benzene rings is 1. The van der Waals surface area contributed by atoms with Crippen molar-refractivity contribution in [1.82, 2.24) is 4.98 Å². The zero-order valence-corrected chi connectivity index (χ0v) is 14.9. The molecule has 0 saturated carbocycles.